The Bertz CT molecular complexity index is 1390. The van der Waals surface area contributed by atoms with Crippen LogP contribution in [0.5, 0.6) is 5.75 Å². The largest absolute Gasteiger partial charge is 0.489 e. The molecule has 0 aliphatic carbocycles. The third-order valence-corrected chi connectivity index (χ3v) is 5.99. The molecular weight excluding hydrogens is 500 g/mol. The van der Waals surface area contributed by atoms with Crippen molar-refractivity contribution in [2.75, 3.05) is 13.1 Å². The summed E-state index contributed by atoms with van der Waals surface area (Å²) < 4.78 is 63.6. The standard InChI is InChI=1S/C24H24F4N6O.ClH/c1-13(2)35-19-10-16(25)9-14-3-5-18(30-21(14)19)23-32-31-20-6-4-15(11-34(20)23)22(24(26,27)28)33-8-7-17(29)12-33;/h3-6,9-11,13,17,22H,7-8,12,29H2,1-2H3;1H/t17-,22-;/m0./s1. The molecule has 192 valence electrons. The van der Waals surface area contributed by atoms with Crippen LogP contribution in [0.15, 0.2) is 42.6 Å². The SMILES string of the molecule is CC(C)Oc1cc(F)cc2ccc(-c3nnc4ccc([C@H](N5CC[C@H](N)C5)C(F)(F)F)cn34)nc12.Cl. The van der Waals surface area contributed by atoms with E-state index >= 15 is 0 Å². The average molecular weight is 525 g/mol. The number of halogens is 5. The van der Waals surface area contributed by atoms with Gasteiger partial charge in [0.25, 0.3) is 0 Å². The van der Waals surface area contributed by atoms with E-state index in [9.17, 15) is 17.6 Å². The van der Waals surface area contributed by atoms with Crippen LogP contribution in [-0.2, 0) is 0 Å². The second kappa shape index (κ2) is 9.79. The number of fused-ring (bicyclic) bond motifs is 2. The number of aromatic nitrogens is 4. The summed E-state index contributed by atoms with van der Waals surface area (Å²) in [7, 11) is 0. The van der Waals surface area contributed by atoms with E-state index in [-0.39, 0.29) is 54.8 Å². The third-order valence-electron chi connectivity index (χ3n) is 5.99. The summed E-state index contributed by atoms with van der Waals surface area (Å²) in [5.74, 6) is 0.0802. The second-order valence-corrected chi connectivity index (χ2v) is 9.04. The quantitative estimate of drug-likeness (QED) is 0.373. The zero-order chi connectivity index (χ0) is 24.9. The van der Waals surface area contributed by atoms with E-state index in [4.69, 9.17) is 10.5 Å². The summed E-state index contributed by atoms with van der Waals surface area (Å²) in [6.07, 6.45) is -2.79. The molecule has 2 N–H and O–H groups in total. The van der Waals surface area contributed by atoms with E-state index < -0.39 is 18.0 Å². The summed E-state index contributed by atoms with van der Waals surface area (Å²) in [5.41, 5.74) is 7.11. The van der Waals surface area contributed by atoms with E-state index in [1.54, 1.807) is 12.1 Å². The Labute approximate surface area is 210 Å². The molecule has 1 aliphatic rings. The molecule has 1 aromatic carbocycles. The fraction of sp³-hybridized carbons (Fsp3) is 0.375. The van der Waals surface area contributed by atoms with Crippen LogP contribution in [0.2, 0.25) is 0 Å². The van der Waals surface area contributed by atoms with Gasteiger partial charge in [-0.05, 0) is 44.0 Å². The minimum absolute atomic E-state index is 0. The molecule has 4 heterocycles. The van der Waals surface area contributed by atoms with Crippen LogP contribution < -0.4 is 10.5 Å². The molecule has 0 unspecified atom stereocenters. The molecule has 1 fully saturated rings. The minimum atomic E-state index is -4.49. The fourth-order valence-electron chi connectivity index (χ4n) is 4.54. The summed E-state index contributed by atoms with van der Waals surface area (Å²) in [4.78, 5) is 5.96. The molecule has 0 spiro atoms. The van der Waals surface area contributed by atoms with Crippen LogP contribution in [-0.4, -0.2) is 55.9 Å². The highest BCUT2D eigenvalue weighted by Gasteiger charge is 2.46. The number of hydrogen-bond acceptors (Lipinski definition) is 6. The molecule has 3 aromatic heterocycles. The lowest BCUT2D eigenvalue weighted by Gasteiger charge is -2.30. The molecule has 0 amide bonds. The maximum atomic E-state index is 14.1. The van der Waals surface area contributed by atoms with Gasteiger partial charge in [0.1, 0.15) is 28.8 Å². The van der Waals surface area contributed by atoms with Crippen molar-refractivity contribution in [1.29, 1.82) is 0 Å². The molecule has 12 heteroatoms. The molecule has 1 saturated heterocycles. The van der Waals surface area contributed by atoms with E-state index in [2.05, 4.69) is 15.2 Å². The Morgan fingerprint density at radius 2 is 1.89 bits per heavy atom. The monoisotopic (exact) mass is 524 g/mol. The number of ether oxygens (including phenoxy) is 1. The Kier molecular flexibility index (Phi) is 7.09. The Morgan fingerprint density at radius 3 is 2.56 bits per heavy atom. The molecule has 4 aromatic rings. The number of benzene rings is 1. The molecule has 2 atom stereocenters. The summed E-state index contributed by atoms with van der Waals surface area (Å²) in [5, 5.41) is 8.80. The van der Waals surface area contributed by atoms with E-state index in [1.165, 1.54) is 39.8 Å². The lowest BCUT2D eigenvalue weighted by molar-refractivity contribution is -0.183. The van der Waals surface area contributed by atoms with Gasteiger partial charge in [-0.15, -0.1) is 22.6 Å². The first-order valence-electron chi connectivity index (χ1n) is 11.3. The van der Waals surface area contributed by atoms with Crippen molar-refractivity contribution in [3.63, 3.8) is 0 Å². The second-order valence-electron chi connectivity index (χ2n) is 9.04. The predicted octanol–water partition coefficient (Wildman–Crippen LogP) is 4.93. The first-order chi connectivity index (χ1) is 16.6. The van der Waals surface area contributed by atoms with Crippen molar-refractivity contribution in [3.8, 4) is 17.3 Å². The predicted molar refractivity (Wildman–Crippen MR) is 130 cm³/mol. The molecule has 36 heavy (non-hydrogen) atoms. The van der Waals surface area contributed by atoms with Gasteiger partial charge in [0, 0.05) is 36.8 Å². The summed E-state index contributed by atoms with van der Waals surface area (Å²) in [6.45, 7) is 4.06. The smallest absolute Gasteiger partial charge is 0.408 e. The first-order valence-corrected chi connectivity index (χ1v) is 11.3. The van der Waals surface area contributed by atoms with Crippen LogP contribution in [0, 0.1) is 5.82 Å². The van der Waals surface area contributed by atoms with Gasteiger partial charge >= 0.3 is 6.18 Å². The van der Waals surface area contributed by atoms with Gasteiger partial charge in [-0.1, -0.05) is 12.1 Å². The lowest BCUT2D eigenvalue weighted by atomic mass is 10.1. The number of pyridine rings is 2. The molecule has 1 aliphatic heterocycles. The summed E-state index contributed by atoms with van der Waals surface area (Å²) in [6, 6.07) is 6.73. The third kappa shape index (κ3) is 4.95. The first kappa shape index (κ1) is 26.1. The number of nitrogens with two attached hydrogens (primary N) is 1. The van der Waals surface area contributed by atoms with Gasteiger partial charge in [-0.3, -0.25) is 9.30 Å². The van der Waals surface area contributed by atoms with Crippen molar-refractivity contribution in [1.82, 2.24) is 24.5 Å². The highest BCUT2D eigenvalue weighted by molar-refractivity contribution is 5.86. The molecule has 0 radical (unpaired) electrons. The van der Waals surface area contributed by atoms with Crippen molar-refractivity contribution in [3.05, 3.63) is 54.0 Å². The zero-order valence-corrected chi connectivity index (χ0v) is 20.4. The van der Waals surface area contributed by atoms with Gasteiger partial charge in [-0.25, -0.2) is 9.37 Å². The maximum absolute atomic E-state index is 14.1. The van der Waals surface area contributed by atoms with E-state index in [0.717, 1.165) is 0 Å². The van der Waals surface area contributed by atoms with Crippen molar-refractivity contribution < 1.29 is 22.3 Å². The number of nitrogens with zero attached hydrogens (tertiary/aromatic N) is 5. The fourth-order valence-corrected chi connectivity index (χ4v) is 4.54. The van der Waals surface area contributed by atoms with Crippen LogP contribution in [0.25, 0.3) is 28.1 Å². The number of hydrogen-bond donors (Lipinski definition) is 1. The van der Waals surface area contributed by atoms with Crippen LogP contribution >= 0.6 is 12.4 Å². The molecule has 0 bridgehead atoms. The normalized spacial score (nSPS) is 17.6. The van der Waals surface area contributed by atoms with Crippen molar-refractivity contribution in [2.45, 2.75) is 44.6 Å². The number of alkyl halides is 3. The van der Waals surface area contributed by atoms with Gasteiger partial charge < -0.3 is 10.5 Å². The molecular formula is C24H25ClF4N6O. The average Bonchev–Trinajstić information content (AvgIpc) is 3.38. The maximum Gasteiger partial charge on any atom is 0.408 e. The van der Waals surface area contributed by atoms with Crippen LogP contribution in [0.4, 0.5) is 17.6 Å². The zero-order valence-electron chi connectivity index (χ0n) is 19.5. The van der Waals surface area contributed by atoms with Crippen molar-refractivity contribution in [2.24, 2.45) is 5.73 Å². The number of likely N-dealkylation sites (tertiary alicyclic amines) is 1. The van der Waals surface area contributed by atoms with Gasteiger partial charge in [0.05, 0.1) is 6.10 Å². The Balaban J connectivity index is 0.00000304. The minimum Gasteiger partial charge on any atom is -0.489 e. The lowest BCUT2D eigenvalue weighted by Crippen LogP contribution is -2.38. The van der Waals surface area contributed by atoms with Crippen LogP contribution in [0.3, 0.4) is 0 Å². The highest BCUT2D eigenvalue weighted by atomic mass is 35.5. The number of rotatable bonds is 5. The van der Waals surface area contributed by atoms with Gasteiger partial charge in [0.2, 0.25) is 0 Å². The topological polar surface area (TPSA) is 81.6 Å². The van der Waals surface area contributed by atoms with Crippen molar-refractivity contribution >= 4 is 29.0 Å². The van der Waals surface area contributed by atoms with E-state index in [1.807, 2.05) is 13.8 Å². The summed E-state index contributed by atoms with van der Waals surface area (Å²) >= 11 is 0. The molecule has 0 saturated carbocycles. The highest BCUT2D eigenvalue weighted by Crippen LogP contribution is 2.39. The van der Waals surface area contributed by atoms with Gasteiger partial charge in [-0.2, -0.15) is 13.2 Å². The molecule has 5 rings (SSSR count). The Hall–Kier alpha value is -3.02. The van der Waals surface area contributed by atoms with Gasteiger partial charge in [0.15, 0.2) is 11.5 Å². The Morgan fingerprint density at radius 1 is 1.11 bits per heavy atom. The van der Waals surface area contributed by atoms with E-state index in [0.29, 0.717) is 28.7 Å². The van der Waals surface area contributed by atoms with Crippen LogP contribution in [0.1, 0.15) is 31.9 Å². The molecule has 7 nitrogen and oxygen atoms in total.